The molecule has 0 aliphatic carbocycles. The highest BCUT2D eigenvalue weighted by atomic mass is 19.1. The Kier molecular flexibility index (Phi) is 3.99. The molecule has 6 heteroatoms. The zero-order valence-electron chi connectivity index (χ0n) is 11.1. The van der Waals surface area contributed by atoms with Crippen LogP contribution in [0.25, 0.3) is 0 Å². The molecular formula is C13H19F2N3O. The molecule has 2 aliphatic rings. The highest BCUT2D eigenvalue weighted by Gasteiger charge is 2.49. The first kappa shape index (κ1) is 14.1. The van der Waals surface area contributed by atoms with Crippen LogP contribution in [0.5, 0.6) is 0 Å². The molecule has 2 fully saturated rings. The molecular weight excluding hydrogens is 252 g/mol. The molecule has 0 aromatic rings. The maximum atomic E-state index is 13.5. The standard InChI is InChI=1S/C13H19F2N3O/c1-9(14)10(2)17-12(16)19-8-13-4-3-5-18(13)7-11(15)6-13/h11,16H,1,3-8H2,2H3/b16-12?,17-10+/t11-,13+/m1/s1. The second-order valence-electron chi connectivity index (χ2n) is 5.27. The molecule has 0 unspecified atom stereocenters. The lowest BCUT2D eigenvalue weighted by atomic mass is 9.95. The molecule has 2 saturated heterocycles. The molecule has 0 aromatic carbocycles. The molecule has 19 heavy (non-hydrogen) atoms. The largest absolute Gasteiger partial charge is 0.462 e. The molecule has 2 aliphatic heterocycles. The van der Waals surface area contributed by atoms with E-state index in [1.165, 1.54) is 6.92 Å². The van der Waals surface area contributed by atoms with E-state index in [4.69, 9.17) is 10.1 Å². The number of nitrogens with zero attached hydrogens (tertiary/aromatic N) is 2. The minimum absolute atomic E-state index is 0.0283. The number of amidine groups is 1. The maximum absolute atomic E-state index is 13.5. The highest BCUT2D eigenvalue weighted by molar-refractivity contribution is 6.01. The van der Waals surface area contributed by atoms with Gasteiger partial charge in [-0.2, -0.15) is 4.99 Å². The average molecular weight is 271 g/mol. The summed E-state index contributed by atoms with van der Waals surface area (Å²) in [7, 11) is 0. The summed E-state index contributed by atoms with van der Waals surface area (Å²) in [6.45, 7) is 6.08. The van der Waals surface area contributed by atoms with Crippen LogP contribution < -0.4 is 0 Å². The number of rotatable bonds is 3. The molecule has 0 bridgehead atoms. The smallest absolute Gasteiger partial charge is 0.309 e. The van der Waals surface area contributed by atoms with Crippen LogP contribution in [0.3, 0.4) is 0 Å². The maximum Gasteiger partial charge on any atom is 0.309 e. The second-order valence-corrected chi connectivity index (χ2v) is 5.27. The number of ether oxygens (including phenoxy) is 1. The van der Waals surface area contributed by atoms with E-state index in [1.807, 2.05) is 0 Å². The van der Waals surface area contributed by atoms with Gasteiger partial charge in [-0.15, -0.1) is 0 Å². The van der Waals surface area contributed by atoms with Crippen molar-refractivity contribution in [3.63, 3.8) is 0 Å². The van der Waals surface area contributed by atoms with Crippen molar-refractivity contribution >= 4 is 11.7 Å². The van der Waals surface area contributed by atoms with Crippen molar-refractivity contribution in [2.45, 2.75) is 37.9 Å². The fourth-order valence-electron chi connectivity index (χ4n) is 2.90. The van der Waals surface area contributed by atoms with Crippen molar-refractivity contribution in [1.82, 2.24) is 4.90 Å². The normalized spacial score (nSPS) is 31.3. The average Bonchev–Trinajstić information content (AvgIpc) is 2.82. The number of alkyl halides is 1. The van der Waals surface area contributed by atoms with E-state index < -0.39 is 12.0 Å². The topological polar surface area (TPSA) is 48.7 Å². The molecule has 1 N–H and O–H groups in total. The van der Waals surface area contributed by atoms with Crippen molar-refractivity contribution in [1.29, 1.82) is 5.41 Å². The molecule has 106 valence electrons. The summed E-state index contributed by atoms with van der Waals surface area (Å²) in [5, 5.41) is 7.54. The number of aliphatic imine (C=N–C) groups is 1. The van der Waals surface area contributed by atoms with E-state index in [1.54, 1.807) is 0 Å². The number of hydrogen-bond acceptors (Lipinski definition) is 3. The second kappa shape index (κ2) is 5.36. The lowest BCUT2D eigenvalue weighted by Crippen LogP contribution is -2.42. The number of hydrogen-bond donors (Lipinski definition) is 1. The fourth-order valence-corrected chi connectivity index (χ4v) is 2.90. The summed E-state index contributed by atoms with van der Waals surface area (Å²) in [4.78, 5) is 5.75. The van der Waals surface area contributed by atoms with Gasteiger partial charge in [-0.1, -0.05) is 6.58 Å². The Labute approximate surface area is 111 Å². The number of halogens is 2. The Balaban J connectivity index is 1.93. The first-order valence-electron chi connectivity index (χ1n) is 6.43. The number of fused-ring (bicyclic) bond motifs is 1. The Hall–Kier alpha value is -1.30. The van der Waals surface area contributed by atoms with Gasteiger partial charge in [0, 0.05) is 13.0 Å². The summed E-state index contributed by atoms with van der Waals surface area (Å²) < 4.78 is 31.5. The number of nitrogens with one attached hydrogen (secondary N) is 1. The summed E-state index contributed by atoms with van der Waals surface area (Å²) in [5.41, 5.74) is -0.275. The highest BCUT2D eigenvalue weighted by Crippen LogP contribution is 2.40. The van der Waals surface area contributed by atoms with Gasteiger partial charge in [0.15, 0.2) is 0 Å². The van der Waals surface area contributed by atoms with Gasteiger partial charge in [0.1, 0.15) is 18.6 Å². The van der Waals surface area contributed by atoms with Gasteiger partial charge < -0.3 is 4.74 Å². The zero-order chi connectivity index (χ0) is 14.0. The Morgan fingerprint density at radius 2 is 2.37 bits per heavy atom. The first-order valence-corrected chi connectivity index (χ1v) is 6.43. The van der Waals surface area contributed by atoms with Crippen molar-refractivity contribution in [2.24, 2.45) is 4.99 Å². The quantitative estimate of drug-likeness (QED) is 0.633. The molecule has 0 aromatic heterocycles. The fraction of sp³-hybridized carbons (Fsp3) is 0.692. The number of allylic oxidation sites excluding steroid dienone is 1. The van der Waals surface area contributed by atoms with E-state index >= 15 is 0 Å². The van der Waals surface area contributed by atoms with Crippen molar-refractivity contribution in [3.8, 4) is 0 Å². The van der Waals surface area contributed by atoms with E-state index in [9.17, 15) is 8.78 Å². The van der Waals surface area contributed by atoms with Gasteiger partial charge in [-0.25, -0.2) is 14.2 Å². The third kappa shape index (κ3) is 3.00. The molecule has 2 rings (SSSR count). The van der Waals surface area contributed by atoms with E-state index in [2.05, 4.69) is 16.5 Å². The van der Waals surface area contributed by atoms with Crippen molar-refractivity contribution in [2.75, 3.05) is 19.7 Å². The SMILES string of the molecule is C=C(F)/C(C)=N/C(=N)OC[C@@]12CCCN1C[C@H](F)C2. The predicted molar refractivity (Wildman–Crippen MR) is 70.1 cm³/mol. The summed E-state index contributed by atoms with van der Waals surface area (Å²) in [6.07, 6.45) is 1.51. The first-order chi connectivity index (χ1) is 8.93. The van der Waals surface area contributed by atoms with Gasteiger partial charge in [-0.05, 0) is 26.3 Å². The van der Waals surface area contributed by atoms with Crippen LogP contribution in [-0.4, -0.2) is 48.0 Å². The summed E-state index contributed by atoms with van der Waals surface area (Å²) in [6, 6.07) is -0.347. The molecule has 4 nitrogen and oxygen atoms in total. The molecule has 0 saturated carbocycles. The third-order valence-corrected chi connectivity index (χ3v) is 3.90. The van der Waals surface area contributed by atoms with Gasteiger partial charge in [-0.3, -0.25) is 4.90 Å². The van der Waals surface area contributed by atoms with Gasteiger partial charge in [0.2, 0.25) is 0 Å². The van der Waals surface area contributed by atoms with Crippen LogP contribution in [0.15, 0.2) is 17.4 Å². The predicted octanol–water partition coefficient (Wildman–Crippen LogP) is 2.46. The third-order valence-electron chi connectivity index (χ3n) is 3.90. The Morgan fingerprint density at radius 3 is 3.05 bits per heavy atom. The lowest BCUT2D eigenvalue weighted by Gasteiger charge is -2.30. The zero-order valence-corrected chi connectivity index (χ0v) is 11.1. The Bertz CT molecular complexity index is 424. The lowest BCUT2D eigenvalue weighted by molar-refractivity contribution is 0.105. The van der Waals surface area contributed by atoms with Crippen LogP contribution in [0.1, 0.15) is 26.2 Å². The molecule has 2 heterocycles. The van der Waals surface area contributed by atoms with E-state index in [-0.39, 0.29) is 23.9 Å². The molecule has 2 atom stereocenters. The van der Waals surface area contributed by atoms with Crippen LogP contribution >= 0.6 is 0 Å². The summed E-state index contributed by atoms with van der Waals surface area (Å²) in [5.74, 6) is -0.682. The minimum atomic E-state index is -0.825. The molecule has 0 radical (unpaired) electrons. The monoisotopic (exact) mass is 271 g/mol. The van der Waals surface area contributed by atoms with Gasteiger partial charge in [0.05, 0.1) is 11.3 Å². The summed E-state index contributed by atoms with van der Waals surface area (Å²) >= 11 is 0. The van der Waals surface area contributed by atoms with Crippen LogP contribution in [0.4, 0.5) is 8.78 Å². The minimum Gasteiger partial charge on any atom is -0.462 e. The van der Waals surface area contributed by atoms with Crippen LogP contribution in [-0.2, 0) is 4.74 Å². The van der Waals surface area contributed by atoms with Gasteiger partial charge in [0.25, 0.3) is 0 Å². The van der Waals surface area contributed by atoms with E-state index in [0.717, 1.165) is 19.4 Å². The Morgan fingerprint density at radius 1 is 1.63 bits per heavy atom. The van der Waals surface area contributed by atoms with Crippen molar-refractivity contribution in [3.05, 3.63) is 12.4 Å². The van der Waals surface area contributed by atoms with Crippen LogP contribution in [0.2, 0.25) is 0 Å². The molecule has 0 amide bonds. The molecule has 0 spiro atoms. The van der Waals surface area contributed by atoms with Crippen molar-refractivity contribution < 1.29 is 13.5 Å². The van der Waals surface area contributed by atoms with Gasteiger partial charge >= 0.3 is 6.02 Å². The van der Waals surface area contributed by atoms with Crippen LogP contribution in [0, 0.1) is 5.41 Å². The van der Waals surface area contributed by atoms with E-state index in [0.29, 0.717) is 13.0 Å².